The third kappa shape index (κ3) is 7.22. The summed E-state index contributed by atoms with van der Waals surface area (Å²) in [4.78, 5) is 30.3. The Balaban J connectivity index is 1.48. The predicted molar refractivity (Wildman–Crippen MR) is 173 cm³/mol. The number of ether oxygens (including phenoxy) is 2. The first kappa shape index (κ1) is 32.3. The molecule has 2 heterocycles. The van der Waals surface area contributed by atoms with Gasteiger partial charge in [0.25, 0.3) is 5.91 Å². The van der Waals surface area contributed by atoms with Gasteiger partial charge in [-0.25, -0.2) is 0 Å². The Morgan fingerprint density at radius 1 is 0.935 bits per heavy atom. The Morgan fingerprint density at radius 3 is 2.13 bits per heavy atom. The van der Waals surface area contributed by atoms with Gasteiger partial charge >= 0.3 is 0 Å². The van der Waals surface area contributed by atoms with Crippen molar-refractivity contribution in [2.45, 2.75) is 51.4 Å². The highest BCUT2D eigenvalue weighted by atomic mass is 16.7. The number of carbonyl (C=O) groups is 2. The highest BCUT2D eigenvalue weighted by Crippen LogP contribution is 2.37. The Hall–Kier alpha value is -5.13. The van der Waals surface area contributed by atoms with E-state index < -0.39 is 17.4 Å². The molecule has 1 aliphatic heterocycles. The second-order valence-electron chi connectivity index (χ2n) is 11.5. The average Bonchev–Trinajstić information content (AvgIpc) is 3.68. The third-order valence-electron chi connectivity index (χ3n) is 7.77. The topological polar surface area (TPSA) is 164 Å². The van der Waals surface area contributed by atoms with E-state index in [2.05, 4.69) is 35.9 Å². The number of nitrogens with two attached hydrogens (primary N) is 2. The monoisotopic (exact) mass is 625 g/mol. The summed E-state index contributed by atoms with van der Waals surface area (Å²) in [5.41, 5.74) is 16.8. The van der Waals surface area contributed by atoms with E-state index in [1.54, 1.807) is 7.05 Å². The first-order valence-electron chi connectivity index (χ1n) is 15.1. The first-order valence-corrected chi connectivity index (χ1v) is 15.1. The maximum atomic E-state index is 12.3. The molecule has 5 rings (SSSR count). The van der Waals surface area contributed by atoms with E-state index in [1.807, 2.05) is 66.7 Å². The fourth-order valence-electron chi connectivity index (χ4n) is 5.29. The van der Waals surface area contributed by atoms with Gasteiger partial charge in [-0.15, -0.1) is 5.48 Å². The number of likely N-dealkylation sites (N-methyl/N-ethyl adjacent to an activating group) is 1. The van der Waals surface area contributed by atoms with Crippen molar-refractivity contribution in [3.63, 3.8) is 0 Å². The molecule has 46 heavy (non-hydrogen) atoms. The third-order valence-corrected chi connectivity index (χ3v) is 7.77. The van der Waals surface area contributed by atoms with E-state index in [0.29, 0.717) is 37.6 Å². The molecule has 0 bridgehead atoms. The van der Waals surface area contributed by atoms with E-state index in [-0.39, 0.29) is 29.5 Å². The Morgan fingerprint density at radius 2 is 1.57 bits per heavy atom. The lowest BCUT2D eigenvalue weighted by Gasteiger charge is -2.21. The molecule has 1 unspecified atom stereocenters. The van der Waals surface area contributed by atoms with Gasteiger partial charge in [-0.1, -0.05) is 79.7 Å². The fraction of sp³-hybridized carbons (Fsp3) is 0.286. The van der Waals surface area contributed by atoms with Crippen molar-refractivity contribution in [1.29, 1.82) is 0 Å². The molecule has 0 radical (unpaired) electrons. The second kappa shape index (κ2) is 14.3. The molecule has 0 aliphatic carbocycles. The van der Waals surface area contributed by atoms with Crippen molar-refractivity contribution in [2.24, 2.45) is 11.5 Å². The van der Waals surface area contributed by atoms with E-state index in [4.69, 9.17) is 30.3 Å². The van der Waals surface area contributed by atoms with E-state index >= 15 is 0 Å². The molecule has 1 aliphatic rings. The van der Waals surface area contributed by atoms with Crippen molar-refractivity contribution < 1.29 is 28.4 Å². The van der Waals surface area contributed by atoms with Gasteiger partial charge in [-0.2, -0.15) is 0 Å². The zero-order valence-corrected chi connectivity index (χ0v) is 26.2. The zero-order chi connectivity index (χ0) is 32.7. The summed E-state index contributed by atoms with van der Waals surface area (Å²) in [5, 5.41) is 6.86. The number of hydrogen-bond donors (Lipinski definition) is 4. The minimum atomic E-state index is -1.34. The van der Waals surface area contributed by atoms with Gasteiger partial charge in [0, 0.05) is 19.0 Å². The lowest BCUT2D eigenvalue weighted by atomic mass is 9.95. The number of hydroxylamine groups is 1. The summed E-state index contributed by atoms with van der Waals surface area (Å²) in [6.07, 6.45) is 2.29. The molecule has 3 aromatic carbocycles. The molecular weight excluding hydrogens is 586 g/mol. The molecule has 11 nitrogen and oxygen atoms in total. The van der Waals surface area contributed by atoms with Crippen molar-refractivity contribution in [3.8, 4) is 11.5 Å². The van der Waals surface area contributed by atoms with Crippen LogP contribution in [0.15, 0.2) is 83.4 Å². The first-order chi connectivity index (χ1) is 22.2. The van der Waals surface area contributed by atoms with E-state index in [0.717, 1.165) is 28.0 Å². The molecule has 1 atom stereocenters. The standard InChI is InChI=1S/C35H39N5O6/c1-22(2)26-16-25(28(43-19-23-10-6-4-7-11-23)17-29(26)44-20-24-12-8-5-9-13-24)14-15-27-31(32(33(36)41)39-45-27)30-18-35(21-38-3,34(37)42)40-46-30/h4-13,16-18,22,38,40H,14-15,19-21H2,1-3H3,(H2,36,41)(H2,37,42). The number of rotatable bonds is 15. The summed E-state index contributed by atoms with van der Waals surface area (Å²) in [6.45, 7) is 5.15. The number of hydrogen-bond acceptors (Lipinski definition) is 9. The average molecular weight is 626 g/mol. The number of aryl methyl sites for hydroxylation is 2. The van der Waals surface area contributed by atoms with Gasteiger partial charge in [-0.3, -0.25) is 9.59 Å². The molecule has 0 saturated carbocycles. The van der Waals surface area contributed by atoms with Crippen LogP contribution in [0, 0.1) is 0 Å². The largest absolute Gasteiger partial charge is 0.488 e. The quantitative estimate of drug-likeness (QED) is 0.152. The van der Waals surface area contributed by atoms with Crippen LogP contribution in [0.4, 0.5) is 0 Å². The summed E-state index contributed by atoms with van der Waals surface area (Å²) in [7, 11) is 1.68. The van der Waals surface area contributed by atoms with E-state index in [9.17, 15) is 9.59 Å². The van der Waals surface area contributed by atoms with Gasteiger partial charge in [0.05, 0.1) is 5.56 Å². The SMILES string of the molecule is CNCC1(C(N)=O)C=C(c2c(C(N)=O)noc2CCc2cc(C(C)C)c(OCc3ccccc3)cc2OCc2ccccc2)ON1. The van der Waals surface area contributed by atoms with Crippen molar-refractivity contribution in [1.82, 2.24) is 16.0 Å². The maximum Gasteiger partial charge on any atom is 0.271 e. The number of nitrogens with one attached hydrogen (secondary N) is 2. The second-order valence-corrected chi connectivity index (χ2v) is 11.5. The molecule has 240 valence electrons. The molecule has 4 aromatic rings. The van der Waals surface area contributed by atoms with Gasteiger partial charge in [0.1, 0.15) is 30.5 Å². The number of amides is 2. The van der Waals surface area contributed by atoms with Gasteiger partial charge in [0.15, 0.2) is 17.0 Å². The lowest BCUT2D eigenvalue weighted by molar-refractivity contribution is -0.124. The summed E-state index contributed by atoms with van der Waals surface area (Å²) in [5.74, 6) is 0.632. The highest BCUT2D eigenvalue weighted by Gasteiger charge is 2.42. The Bertz CT molecular complexity index is 1700. The van der Waals surface area contributed by atoms with Gasteiger partial charge in [0.2, 0.25) is 5.91 Å². The number of benzene rings is 3. The summed E-state index contributed by atoms with van der Waals surface area (Å²) < 4.78 is 18.4. The molecule has 6 N–H and O–H groups in total. The molecule has 2 amide bonds. The normalized spacial score (nSPS) is 15.8. The Labute approximate surface area is 267 Å². The predicted octanol–water partition coefficient (Wildman–Crippen LogP) is 4.16. The minimum Gasteiger partial charge on any atom is -0.488 e. The number of aromatic nitrogens is 1. The molecule has 0 spiro atoms. The van der Waals surface area contributed by atoms with Crippen LogP contribution in [0.25, 0.3) is 5.76 Å². The molecule has 1 aromatic heterocycles. The number of nitrogens with zero attached hydrogens (tertiary/aromatic N) is 1. The van der Waals surface area contributed by atoms with Crippen LogP contribution in [0.5, 0.6) is 11.5 Å². The zero-order valence-electron chi connectivity index (χ0n) is 26.2. The summed E-state index contributed by atoms with van der Waals surface area (Å²) in [6, 6.07) is 23.9. The van der Waals surface area contributed by atoms with Crippen LogP contribution in [0.1, 0.15) is 63.8 Å². The minimum absolute atomic E-state index is 0.110. The van der Waals surface area contributed by atoms with Crippen LogP contribution in [0.2, 0.25) is 0 Å². The smallest absolute Gasteiger partial charge is 0.271 e. The van der Waals surface area contributed by atoms with Gasteiger partial charge < -0.3 is 35.6 Å². The molecular formula is C35H39N5O6. The van der Waals surface area contributed by atoms with Crippen LogP contribution < -0.4 is 31.7 Å². The maximum absolute atomic E-state index is 12.3. The summed E-state index contributed by atoms with van der Waals surface area (Å²) >= 11 is 0. The highest BCUT2D eigenvalue weighted by molar-refractivity contribution is 5.97. The molecule has 0 saturated heterocycles. The van der Waals surface area contributed by atoms with Crippen molar-refractivity contribution >= 4 is 17.6 Å². The lowest BCUT2D eigenvalue weighted by Crippen LogP contribution is -2.56. The molecule has 11 heteroatoms. The molecule has 0 fully saturated rings. The van der Waals surface area contributed by atoms with Crippen molar-refractivity contribution in [3.05, 3.63) is 118 Å². The van der Waals surface area contributed by atoms with Crippen LogP contribution >= 0.6 is 0 Å². The fourth-order valence-corrected chi connectivity index (χ4v) is 5.29. The van der Waals surface area contributed by atoms with Crippen LogP contribution in [0.3, 0.4) is 0 Å². The van der Waals surface area contributed by atoms with Gasteiger partial charge in [-0.05, 0) is 53.8 Å². The van der Waals surface area contributed by atoms with Crippen LogP contribution in [-0.4, -0.2) is 36.1 Å². The van der Waals surface area contributed by atoms with Crippen molar-refractivity contribution in [2.75, 3.05) is 13.6 Å². The number of carbonyl (C=O) groups excluding carboxylic acids is 2. The van der Waals surface area contributed by atoms with E-state index in [1.165, 1.54) is 6.08 Å². The Kier molecular flexibility index (Phi) is 10.0. The number of primary amides is 2. The van der Waals surface area contributed by atoms with Crippen LogP contribution in [-0.2, 0) is 35.7 Å².